The van der Waals surface area contributed by atoms with Gasteiger partial charge in [0.05, 0.1) is 12.6 Å². The Labute approximate surface area is 166 Å². The molecule has 3 rings (SSSR count). The van der Waals surface area contributed by atoms with Crippen molar-refractivity contribution < 1.29 is 9.59 Å². The zero-order valence-electron chi connectivity index (χ0n) is 15.5. The zero-order chi connectivity index (χ0) is 19.9. The Hall–Kier alpha value is -3.39. The van der Waals surface area contributed by atoms with Crippen LogP contribution >= 0.6 is 11.3 Å². The van der Waals surface area contributed by atoms with Crippen LogP contribution in [0.3, 0.4) is 0 Å². The van der Waals surface area contributed by atoms with Crippen molar-refractivity contribution in [1.29, 1.82) is 0 Å². The summed E-state index contributed by atoms with van der Waals surface area (Å²) in [7, 11) is 0. The van der Waals surface area contributed by atoms with Crippen molar-refractivity contribution in [3.05, 3.63) is 75.8 Å². The van der Waals surface area contributed by atoms with Crippen molar-refractivity contribution in [2.24, 2.45) is 5.10 Å². The Morgan fingerprint density at radius 3 is 2.57 bits per heavy atom. The Balaban J connectivity index is 1.52. The topological polar surface area (TPSA) is 96.3 Å². The van der Waals surface area contributed by atoms with E-state index in [1.165, 1.54) is 0 Å². The molecule has 1 aromatic heterocycles. The number of rotatable bonds is 6. The number of hydrogen-bond acceptors (Lipinski definition) is 6. The molecular weight excluding hydrogens is 374 g/mol. The van der Waals surface area contributed by atoms with Crippen molar-refractivity contribution in [2.45, 2.75) is 20.3 Å². The van der Waals surface area contributed by atoms with Gasteiger partial charge >= 0.3 is 0 Å². The molecule has 0 aliphatic heterocycles. The fourth-order valence-corrected chi connectivity index (χ4v) is 3.11. The number of carbonyl (C=O) groups excluding carboxylic acids is 2. The quantitative estimate of drug-likeness (QED) is 0.497. The number of carbonyl (C=O) groups is 2. The van der Waals surface area contributed by atoms with Crippen molar-refractivity contribution in [1.82, 2.24) is 15.6 Å². The van der Waals surface area contributed by atoms with E-state index in [1.807, 2.05) is 50.2 Å². The van der Waals surface area contributed by atoms with Crippen LogP contribution in [0.25, 0.3) is 0 Å². The van der Waals surface area contributed by atoms with Crippen LogP contribution in [0.5, 0.6) is 0 Å². The van der Waals surface area contributed by atoms with E-state index in [9.17, 15) is 9.59 Å². The molecule has 2 aromatic carbocycles. The van der Waals surface area contributed by atoms with Crippen LogP contribution in [0.2, 0.25) is 0 Å². The molecule has 0 spiro atoms. The maximum Gasteiger partial charge on any atom is 0.257 e. The molecule has 0 aliphatic carbocycles. The van der Waals surface area contributed by atoms with Crippen LogP contribution < -0.4 is 10.7 Å². The lowest BCUT2D eigenvalue weighted by molar-refractivity contribution is -0.120. The van der Waals surface area contributed by atoms with Gasteiger partial charge < -0.3 is 0 Å². The van der Waals surface area contributed by atoms with E-state index >= 15 is 0 Å². The molecule has 0 fully saturated rings. The summed E-state index contributed by atoms with van der Waals surface area (Å²) in [5, 5.41) is 15.3. The molecule has 2 amide bonds. The van der Waals surface area contributed by atoms with Gasteiger partial charge in [-0.15, -0.1) is 10.2 Å². The molecule has 7 nitrogen and oxygen atoms in total. The van der Waals surface area contributed by atoms with E-state index in [0.29, 0.717) is 15.7 Å². The lowest BCUT2D eigenvalue weighted by atomic mass is 10.1. The van der Waals surface area contributed by atoms with Gasteiger partial charge in [0.2, 0.25) is 11.0 Å². The van der Waals surface area contributed by atoms with Crippen LogP contribution in [0.1, 0.15) is 32.1 Å². The standard InChI is InChI=1S/C20H19N5O2S/c1-13-7-9-15(10-8-13)12-21-23-17(26)11-18-24-25-20(28-18)22-19(27)16-6-4-3-5-14(16)2/h3-10,12H,11H2,1-2H3,(H,23,26)(H,22,25,27)/b21-12-. The Kier molecular flexibility index (Phi) is 6.23. The van der Waals surface area contributed by atoms with Gasteiger partial charge in [-0.2, -0.15) is 5.10 Å². The minimum Gasteiger partial charge on any atom is -0.296 e. The first-order valence-corrected chi connectivity index (χ1v) is 9.41. The highest BCUT2D eigenvalue weighted by Crippen LogP contribution is 2.17. The first kappa shape index (κ1) is 19.4. The van der Waals surface area contributed by atoms with Crippen molar-refractivity contribution in [3.63, 3.8) is 0 Å². The molecule has 8 heteroatoms. The second-order valence-corrected chi connectivity index (χ2v) is 7.21. The summed E-state index contributed by atoms with van der Waals surface area (Å²) in [6, 6.07) is 15.0. The molecular formula is C20H19N5O2S. The highest BCUT2D eigenvalue weighted by Gasteiger charge is 2.13. The van der Waals surface area contributed by atoms with Crippen molar-refractivity contribution in [2.75, 3.05) is 5.32 Å². The lowest BCUT2D eigenvalue weighted by Crippen LogP contribution is -2.19. The molecule has 0 saturated carbocycles. The monoisotopic (exact) mass is 393 g/mol. The molecule has 142 valence electrons. The summed E-state index contributed by atoms with van der Waals surface area (Å²) in [4.78, 5) is 24.3. The molecule has 0 unspecified atom stereocenters. The van der Waals surface area contributed by atoms with Gasteiger partial charge in [-0.25, -0.2) is 5.43 Å². The third kappa shape index (κ3) is 5.31. The Bertz CT molecular complexity index is 1010. The maximum atomic E-state index is 12.3. The fourth-order valence-electron chi connectivity index (χ4n) is 2.38. The molecule has 1 heterocycles. The molecule has 3 aromatic rings. The van der Waals surface area contributed by atoms with E-state index < -0.39 is 0 Å². The van der Waals surface area contributed by atoms with E-state index in [0.717, 1.165) is 28.0 Å². The van der Waals surface area contributed by atoms with Crippen LogP contribution in [0.4, 0.5) is 5.13 Å². The maximum absolute atomic E-state index is 12.3. The molecule has 0 saturated heterocycles. The van der Waals surface area contributed by atoms with Gasteiger partial charge in [-0.05, 0) is 31.0 Å². The molecule has 0 radical (unpaired) electrons. The summed E-state index contributed by atoms with van der Waals surface area (Å²) in [5.74, 6) is -0.566. The summed E-state index contributed by atoms with van der Waals surface area (Å²) in [5.41, 5.74) is 5.95. The van der Waals surface area contributed by atoms with Gasteiger partial charge in [0.25, 0.3) is 5.91 Å². The van der Waals surface area contributed by atoms with Crippen LogP contribution in [-0.2, 0) is 11.2 Å². The highest BCUT2D eigenvalue weighted by atomic mass is 32.1. The van der Waals surface area contributed by atoms with Crippen LogP contribution in [-0.4, -0.2) is 28.2 Å². The summed E-state index contributed by atoms with van der Waals surface area (Å²) >= 11 is 1.15. The predicted octanol–water partition coefficient (Wildman–Crippen LogP) is 3.10. The van der Waals surface area contributed by atoms with Gasteiger partial charge in [-0.1, -0.05) is 59.4 Å². The number of aromatic nitrogens is 2. The largest absolute Gasteiger partial charge is 0.296 e. The summed E-state index contributed by atoms with van der Waals surface area (Å²) in [6.45, 7) is 3.87. The number of amides is 2. The third-order valence-electron chi connectivity index (χ3n) is 3.87. The van der Waals surface area contributed by atoms with Crippen LogP contribution in [0.15, 0.2) is 53.6 Å². The predicted molar refractivity (Wildman–Crippen MR) is 110 cm³/mol. The fraction of sp³-hybridized carbons (Fsp3) is 0.150. The highest BCUT2D eigenvalue weighted by molar-refractivity contribution is 7.15. The SMILES string of the molecule is Cc1ccc(/C=N\NC(=O)Cc2nnc(NC(=O)c3ccccc3C)s2)cc1. The molecule has 28 heavy (non-hydrogen) atoms. The Morgan fingerprint density at radius 1 is 1.07 bits per heavy atom. The summed E-state index contributed by atoms with van der Waals surface area (Å²) in [6.07, 6.45) is 1.61. The molecule has 0 aliphatic rings. The minimum absolute atomic E-state index is 0.0309. The zero-order valence-corrected chi connectivity index (χ0v) is 16.3. The first-order chi connectivity index (χ1) is 13.5. The van der Waals surface area contributed by atoms with E-state index in [2.05, 4.69) is 26.0 Å². The normalized spacial score (nSPS) is 10.8. The molecule has 0 bridgehead atoms. The smallest absolute Gasteiger partial charge is 0.257 e. The average molecular weight is 393 g/mol. The van der Waals surface area contributed by atoms with Gasteiger partial charge in [0.1, 0.15) is 5.01 Å². The van der Waals surface area contributed by atoms with Gasteiger partial charge in [0.15, 0.2) is 0 Å². The molecule has 2 N–H and O–H groups in total. The molecule has 0 atom stereocenters. The number of aryl methyl sites for hydroxylation is 2. The van der Waals surface area contributed by atoms with Crippen molar-refractivity contribution in [3.8, 4) is 0 Å². The minimum atomic E-state index is -0.309. The van der Waals surface area contributed by atoms with E-state index in [1.54, 1.807) is 18.3 Å². The number of anilines is 1. The number of hydrazone groups is 1. The second kappa shape index (κ2) is 9.01. The van der Waals surface area contributed by atoms with Gasteiger partial charge in [0, 0.05) is 5.56 Å². The number of benzene rings is 2. The average Bonchev–Trinajstić information content (AvgIpc) is 3.10. The second-order valence-electron chi connectivity index (χ2n) is 6.15. The number of nitrogens with zero attached hydrogens (tertiary/aromatic N) is 3. The number of nitrogens with one attached hydrogen (secondary N) is 2. The third-order valence-corrected chi connectivity index (χ3v) is 4.71. The van der Waals surface area contributed by atoms with Crippen LogP contribution in [0, 0.1) is 13.8 Å². The Morgan fingerprint density at radius 2 is 1.82 bits per heavy atom. The van der Waals surface area contributed by atoms with E-state index in [4.69, 9.17) is 0 Å². The van der Waals surface area contributed by atoms with E-state index in [-0.39, 0.29) is 18.2 Å². The van der Waals surface area contributed by atoms with Crippen molar-refractivity contribution >= 4 is 34.5 Å². The first-order valence-electron chi connectivity index (χ1n) is 8.59. The van der Waals surface area contributed by atoms with Gasteiger partial charge in [-0.3, -0.25) is 14.9 Å². The lowest BCUT2D eigenvalue weighted by Gasteiger charge is -2.03. The summed E-state index contributed by atoms with van der Waals surface area (Å²) < 4.78 is 0. The number of hydrogen-bond donors (Lipinski definition) is 2.